The first-order valence-corrected chi connectivity index (χ1v) is 8.85. The van der Waals surface area contributed by atoms with Gasteiger partial charge in [-0.25, -0.2) is 0 Å². The number of carbonyl (C=O) groups excluding carboxylic acids is 2. The summed E-state index contributed by atoms with van der Waals surface area (Å²) in [6.45, 7) is 0.262. The SMILES string of the molecule is COc1ccc(COC(=O)CC[C@H](N)C(=O)OCc2ccc(OC)cc2)cc1. The van der Waals surface area contributed by atoms with E-state index >= 15 is 0 Å². The Kier molecular flexibility index (Phi) is 8.30. The Morgan fingerprint density at radius 1 is 0.821 bits per heavy atom. The smallest absolute Gasteiger partial charge is 0.323 e. The maximum absolute atomic E-state index is 12.0. The van der Waals surface area contributed by atoms with Gasteiger partial charge in [-0.2, -0.15) is 0 Å². The van der Waals surface area contributed by atoms with E-state index in [9.17, 15) is 9.59 Å². The van der Waals surface area contributed by atoms with Crippen LogP contribution in [0.3, 0.4) is 0 Å². The molecule has 0 unspecified atom stereocenters. The lowest BCUT2D eigenvalue weighted by atomic mass is 10.1. The summed E-state index contributed by atoms with van der Waals surface area (Å²) in [7, 11) is 3.16. The highest BCUT2D eigenvalue weighted by Gasteiger charge is 2.17. The van der Waals surface area contributed by atoms with E-state index in [-0.39, 0.29) is 26.1 Å². The van der Waals surface area contributed by atoms with Crippen LogP contribution in [-0.2, 0) is 32.3 Å². The van der Waals surface area contributed by atoms with Gasteiger partial charge in [-0.15, -0.1) is 0 Å². The lowest BCUT2D eigenvalue weighted by molar-refractivity contribution is -0.148. The Bertz CT molecular complexity index is 757. The van der Waals surface area contributed by atoms with Crippen molar-refractivity contribution in [2.24, 2.45) is 5.73 Å². The molecule has 7 heteroatoms. The molecule has 0 saturated heterocycles. The molecule has 1 atom stereocenters. The number of carbonyl (C=O) groups is 2. The quantitative estimate of drug-likeness (QED) is 0.626. The molecule has 2 aromatic rings. The first-order valence-electron chi connectivity index (χ1n) is 8.85. The van der Waals surface area contributed by atoms with Gasteiger partial charge in [0.05, 0.1) is 14.2 Å². The Hall–Kier alpha value is -3.06. The van der Waals surface area contributed by atoms with E-state index in [4.69, 9.17) is 24.7 Å². The normalized spacial score (nSPS) is 11.4. The molecule has 0 saturated carbocycles. The summed E-state index contributed by atoms with van der Waals surface area (Å²) < 4.78 is 20.5. The number of hydrogen-bond donors (Lipinski definition) is 1. The van der Waals surface area contributed by atoms with Crippen molar-refractivity contribution < 1.29 is 28.5 Å². The summed E-state index contributed by atoms with van der Waals surface area (Å²) in [4.78, 5) is 23.8. The van der Waals surface area contributed by atoms with E-state index < -0.39 is 18.0 Å². The molecule has 0 bridgehead atoms. The highest BCUT2D eigenvalue weighted by molar-refractivity contribution is 5.77. The van der Waals surface area contributed by atoms with Crippen LogP contribution in [0.1, 0.15) is 24.0 Å². The van der Waals surface area contributed by atoms with Crippen LogP contribution in [-0.4, -0.2) is 32.2 Å². The second-order valence-electron chi connectivity index (χ2n) is 6.11. The Morgan fingerprint density at radius 3 is 1.75 bits per heavy atom. The van der Waals surface area contributed by atoms with Crippen molar-refractivity contribution in [3.8, 4) is 11.5 Å². The standard InChI is InChI=1S/C21H25NO6/c1-25-17-7-3-15(4-8-17)13-27-20(23)12-11-19(22)21(24)28-14-16-5-9-18(26-2)10-6-16/h3-10,19H,11-14,22H2,1-2H3/t19-/m0/s1. The summed E-state index contributed by atoms with van der Waals surface area (Å²) in [5, 5.41) is 0. The molecule has 150 valence electrons. The van der Waals surface area contributed by atoms with Crippen molar-refractivity contribution in [3.05, 3.63) is 59.7 Å². The Labute approximate surface area is 164 Å². The molecule has 28 heavy (non-hydrogen) atoms. The summed E-state index contributed by atoms with van der Waals surface area (Å²) in [6, 6.07) is 13.5. The van der Waals surface area contributed by atoms with E-state index in [1.807, 2.05) is 12.1 Å². The van der Waals surface area contributed by atoms with E-state index in [0.717, 1.165) is 22.6 Å². The van der Waals surface area contributed by atoms with Gasteiger partial charge >= 0.3 is 11.9 Å². The Balaban J connectivity index is 1.67. The average Bonchev–Trinajstić information content (AvgIpc) is 2.74. The number of benzene rings is 2. The molecule has 2 N–H and O–H groups in total. The van der Waals surface area contributed by atoms with Crippen LogP contribution in [0, 0.1) is 0 Å². The lowest BCUT2D eigenvalue weighted by Gasteiger charge is -2.12. The molecule has 0 aliphatic carbocycles. The number of methoxy groups -OCH3 is 2. The van der Waals surface area contributed by atoms with Crippen molar-refractivity contribution in [2.45, 2.75) is 32.1 Å². The molecule has 0 aromatic heterocycles. The van der Waals surface area contributed by atoms with Crippen molar-refractivity contribution in [3.63, 3.8) is 0 Å². The predicted molar refractivity (Wildman–Crippen MR) is 103 cm³/mol. The summed E-state index contributed by atoms with van der Waals surface area (Å²) >= 11 is 0. The van der Waals surface area contributed by atoms with Gasteiger partial charge in [-0.3, -0.25) is 9.59 Å². The van der Waals surface area contributed by atoms with Gasteiger partial charge in [0.1, 0.15) is 30.8 Å². The predicted octanol–water partition coefficient (Wildman–Crippen LogP) is 2.60. The summed E-state index contributed by atoms with van der Waals surface area (Å²) in [5.41, 5.74) is 7.46. The zero-order chi connectivity index (χ0) is 20.4. The van der Waals surface area contributed by atoms with Crippen LogP contribution in [0.4, 0.5) is 0 Å². The van der Waals surface area contributed by atoms with Gasteiger partial charge in [0.25, 0.3) is 0 Å². The topological polar surface area (TPSA) is 97.1 Å². The van der Waals surface area contributed by atoms with Crippen LogP contribution in [0.5, 0.6) is 11.5 Å². The first-order chi connectivity index (χ1) is 13.5. The highest BCUT2D eigenvalue weighted by atomic mass is 16.5. The van der Waals surface area contributed by atoms with Gasteiger partial charge in [0.15, 0.2) is 0 Å². The third kappa shape index (κ3) is 6.92. The van der Waals surface area contributed by atoms with E-state index in [1.54, 1.807) is 50.6 Å². The number of ether oxygens (including phenoxy) is 4. The second kappa shape index (κ2) is 10.9. The molecule has 0 fully saturated rings. The largest absolute Gasteiger partial charge is 0.497 e. The molecule has 0 spiro atoms. The van der Waals surface area contributed by atoms with E-state index in [0.29, 0.717) is 0 Å². The van der Waals surface area contributed by atoms with Crippen molar-refractivity contribution in [2.75, 3.05) is 14.2 Å². The molecule has 0 amide bonds. The molecule has 0 heterocycles. The highest BCUT2D eigenvalue weighted by Crippen LogP contribution is 2.13. The third-order valence-corrected chi connectivity index (χ3v) is 4.06. The van der Waals surface area contributed by atoms with Crippen LogP contribution in [0.25, 0.3) is 0 Å². The van der Waals surface area contributed by atoms with Gasteiger partial charge in [0, 0.05) is 6.42 Å². The number of hydrogen-bond acceptors (Lipinski definition) is 7. The number of esters is 2. The summed E-state index contributed by atoms with van der Waals surface area (Å²) in [5.74, 6) is 0.474. The number of rotatable bonds is 10. The molecule has 2 aromatic carbocycles. The van der Waals surface area contributed by atoms with Crippen LogP contribution in [0.2, 0.25) is 0 Å². The van der Waals surface area contributed by atoms with Crippen molar-refractivity contribution in [1.82, 2.24) is 0 Å². The lowest BCUT2D eigenvalue weighted by Crippen LogP contribution is -2.32. The minimum Gasteiger partial charge on any atom is -0.497 e. The van der Waals surface area contributed by atoms with Crippen LogP contribution >= 0.6 is 0 Å². The molecule has 0 radical (unpaired) electrons. The fourth-order valence-corrected chi connectivity index (χ4v) is 2.33. The minimum absolute atomic E-state index is 0.0367. The molecule has 0 aliphatic heterocycles. The van der Waals surface area contributed by atoms with Gasteiger partial charge < -0.3 is 24.7 Å². The molecule has 7 nitrogen and oxygen atoms in total. The third-order valence-electron chi connectivity index (χ3n) is 4.06. The van der Waals surface area contributed by atoms with Crippen LogP contribution < -0.4 is 15.2 Å². The van der Waals surface area contributed by atoms with Crippen molar-refractivity contribution >= 4 is 11.9 Å². The minimum atomic E-state index is -0.883. The van der Waals surface area contributed by atoms with Gasteiger partial charge in [-0.1, -0.05) is 24.3 Å². The zero-order valence-electron chi connectivity index (χ0n) is 16.1. The Morgan fingerprint density at radius 2 is 1.29 bits per heavy atom. The zero-order valence-corrected chi connectivity index (χ0v) is 16.1. The number of nitrogens with two attached hydrogens (primary N) is 1. The fourth-order valence-electron chi connectivity index (χ4n) is 2.33. The summed E-state index contributed by atoms with van der Waals surface area (Å²) in [6.07, 6.45) is 0.192. The fraction of sp³-hybridized carbons (Fsp3) is 0.333. The second-order valence-corrected chi connectivity index (χ2v) is 6.11. The van der Waals surface area contributed by atoms with Crippen LogP contribution in [0.15, 0.2) is 48.5 Å². The molecule has 2 rings (SSSR count). The first kappa shape index (κ1) is 21.2. The van der Waals surface area contributed by atoms with Gasteiger partial charge in [-0.05, 0) is 41.8 Å². The molecular weight excluding hydrogens is 362 g/mol. The van der Waals surface area contributed by atoms with E-state index in [2.05, 4.69) is 0 Å². The maximum atomic E-state index is 12.0. The van der Waals surface area contributed by atoms with Gasteiger partial charge in [0.2, 0.25) is 0 Å². The molecular formula is C21H25NO6. The average molecular weight is 387 g/mol. The monoisotopic (exact) mass is 387 g/mol. The molecule has 0 aliphatic rings. The maximum Gasteiger partial charge on any atom is 0.323 e. The van der Waals surface area contributed by atoms with Crippen molar-refractivity contribution in [1.29, 1.82) is 0 Å². The van der Waals surface area contributed by atoms with E-state index in [1.165, 1.54) is 0 Å².